The fraction of sp³-hybridized carbons (Fsp3) is 0.278. The number of benzene rings is 2. The summed E-state index contributed by atoms with van der Waals surface area (Å²) in [4.78, 5) is 10.3. The average Bonchev–Trinajstić information content (AvgIpc) is 2.64. The van der Waals surface area contributed by atoms with Crippen molar-refractivity contribution in [2.24, 2.45) is 5.10 Å². The normalized spacial score (nSPS) is 15.3. The number of hydrazone groups is 1. The number of aryl methyl sites for hydroxylation is 1. The molecule has 0 saturated heterocycles. The van der Waals surface area contributed by atoms with E-state index in [2.05, 4.69) is 10.5 Å². The summed E-state index contributed by atoms with van der Waals surface area (Å²) in [5.74, 6) is 0.723. The predicted molar refractivity (Wildman–Crippen MR) is 94.2 cm³/mol. The number of halogens is 3. The van der Waals surface area contributed by atoms with Crippen molar-refractivity contribution < 1.29 is 22.8 Å². The van der Waals surface area contributed by atoms with Crippen molar-refractivity contribution in [1.82, 2.24) is 0 Å². The van der Waals surface area contributed by atoms with Gasteiger partial charge in [0.05, 0.1) is 23.3 Å². The summed E-state index contributed by atoms with van der Waals surface area (Å²) in [5.41, 5.74) is 3.33. The Hall–Kier alpha value is -3.10. The van der Waals surface area contributed by atoms with Crippen molar-refractivity contribution in [2.75, 3.05) is 12.5 Å². The average molecular weight is 379 g/mol. The molecule has 0 spiro atoms. The van der Waals surface area contributed by atoms with Crippen LogP contribution >= 0.6 is 0 Å². The Morgan fingerprint density at radius 2 is 1.96 bits per heavy atom. The molecular weight excluding hydrogens is 363 g/mol. The van der Waals surface area contributed by atoms with Crippen LogP contribution in [0.2, 0.25) is 0 Å². The summed E-state index contributed by atoms with van der Waals surface area (Å²) >= 11 is 0. The van der Waals surface area contributed by atoms with E-state index in [1.165, 1.54) is 0 Å². The summed E-state index contributed by atoms with van der Waals surface area (Å²) < 4.78 is 43.6. The van der Waals surface area contributed by atoms with Crippen LogP contribution in [-0.4, -0.2) is 17.7 Å². The monoisotopic (exact) mass is 379 g/mol. The third-order valence-electron chi connectivity index (χ3n) is 4.32. The lowest BCUT2D eigenvalue weighted by Gasteiger charge is -2.18. The van der Waals surface area contributed by atoms with Gasteiger partial charge in [0.2, 0.25) is 0 Å². The molecule has 0 bridgehead atoms. The number of nitro groups is 1. The Balaban J connectivity index is 1.92. The van der Waals surface area contributed by atoms with Crippen LogP contribution in [-0.2, 0) is 12.6 Å². The van der Waals surface area contributed by atoms with Gasteiger partial charge in [-0.15, -0.1) is 0 Å². The molecule has 6 nitrogen and oxygen atoms in total. The second-order valence-electron chi connectivity index (χ2n) is 6.03. The van der Waals surface area contributed by atoms with Crippen molar-refractivity contribution in [3.8, 4) is 5.75 Å². The molecule has 2 aromatic carbocycles. The molecule has 0 saturated carbocycles. The molecule has 27 heavy (non-hydrogen) atoms. The van der Waals surface area contributed by atoms with E-state index in [1.807, 2.05) is 12.1 Å². The maximum Gasteiger partial charge on any atom is 0.416 e. The van der Waals surface area contributed by atoms with E-state index in [-0.39, 0.29) is 5.69 Å². The highest BCUT2D eigenvalue weighted by atomic mass is 19.4. The van der Waals surface area contributed by atoms with E-state index in [1.54, 1.807) is 13.2 Å². The minimum atomic E-state index is -4.66. The molecule has 0 heterocycles. The summed E-state index contributed by atoms with van der Waals surface area (Å²) in [7, 11) is 1.57. The number of methoxy groups -OCH3 is 1. The van der Waals surface area contributed by atoms with E-state index in [4.69, 9.17) is 4.74 Å². The van der Waals surface area contributed by atoms with Gasteiger partial charge in [-0.05, 0) is 55.2 Å². The van der Waals surface area contributed by atoms with Gasteiger partial charge in [0.15, 0.2) is 0 Å². The number of nitro benzene ring substituents is 1. The van der Waals surface area contributed by atoms with Crippen LogP contribution in [0.15, 0.2) is 41.5 Å². The molecule has 3 rings (SSSR count). The fourth-order valence-corrected chi connectivity index (χ4v) is 2.96. The first-order valence-electron chi connectivity index (χ1n) is 8.15. The van der Waals surface area contributed by atoms with Gasteiger partial charge >= 0.3 is 6.18 Å². The third-order valence-corrected chi connectivity index (χ3v) is 4.32. The molecule has 0 unspecified atom stereocenters. The lowest BCUT2D eigenvalue weighted by molar-refractivity contribution is -0.384. The number of anilines is 1. The fourth-order valence-electron chi connectivity index (χ4n) is 2.96. The molecule has 0 aliphatic heterocycles. The first-order chi connectivity index (χ1) is 12.8. The lowest BCUT2D eigenvalue weighted by atomic mass is 9.90. The highest BCUT2D eigenvalue weighted by Crippen LogP contribution is 2.35. The van der Waals surface area contributed by atoms with Crippen molar-refractivity contribution in [3.63, 3.8) is 0 Å². The minimum absolute atomic E-state index is 0.0962. The number of rotatable bonds is 4. The molecule has 0 fully saturated rings. The Labute approximate surface area is 152 Å². The van der Waals surface area contributed by atoms with Gasteiger partial charge in [-0.1, -0.05) is 0 Å². The summed E-state index contributed by atoms with van der Waals surface area (Å²) in [5, 5.41) is 15.4. The first-order valence-corrected chi connectivity index (χ1v) is 8.15. The molecule has 9 heteroatoms. The van der Waals surface area contributed by atoms with Crippen molar-refractivity contribution in [3.05, 3.63) is 63.2 Å². The molecule has 0 aromatic heterocycles. The Bertz CT molecular complexity index is 910. The summed E-state index contributed by atoms with van der Waals surface area (Å²) in [6.07, 6.45) is -2.31. The topological polar surface area (TPSA) is 76.8 Å². The number of hydrogen-bond acceptors (Lipinski definition) is 5. The Kier molecular flexibility index (Phi) is 5.02. The van der Waals surface area contributed by atoms with Crippen LogP contribution in [0.4, 0.5) is 24.5 Å². The molecule has 0 atom stereocenters. The van der Waals surface area contributed by atoms with Crippen LogP contribution in [0.5, 0.6) is 5.75 Å². The zero-order valence-corrected chi connectivity index (χ0v) is 14.3. The zero-order valence-electron chi connectivity index (χ0n) is 14.3. The number of alkyl halides is 3. The molecule has 142 valence electrons. The predicted octanol–water partition coefficient (Wildman–Crippen LogP) is 4.77. The van der Waals surface area contributed by atoms with Crippen LogP contribution in [0.3, 0.4) is 0 Å². The standard InChI is InChI=1S/C18H16F3N3O3/c1-27-13-6-7-14-11(9-13)3-2-4-15(14)22-23-16-8-5-12(18(19,20)21)10-17(16)24(25)26/h5-10,23H,2-4H2,1H3/b22-15-. The van der Waals surface area contributed by atoms with Gasteiger partial charge in [0.25, 0.3) is 5.69 Å². The maximum absolute atomic E-state index is 12.8. The zero-order chi connectivity index (χ0) is 19.6. The van der Waals surface area contributed by atoms with E-state index in [0.29, 0.717) is 18.2 Å². The number of nitrogens with zero attached hydrogens (tertiary/aromatic N) is 2. The van der Waals surface area contributed by atoms with Gasteiger partial charge < -0.3 is 4.74 Å². The van der Waals surface area contributed by atoms with E-state index >= 15 is 0 Å². The highest BCUT2D eigenvalue weighted by molar-refractivity contribution is 6.03. The maximum atomic E-state index is 12.8. The van der Waals surface area contributed by atoms with Gasteiger partial charge in [-0.2, -0.15) is 18.3 Å². The first kappa shape index (κ1) is 18.7. The van der Waals surface area contributed by atoms with E-state index in [0.717, 1.165) is 41.9 Å². The largest absolute Gasteiger partial charge is 0.497 e. The van der Waals surface area contributed by atoms with Gasteiger partial charge in [0.1, 0.15) is 11.4 Å². The van der Waals surface area contributed by atoms with Crippen molar-refractivity contribution in [1.29, 1.82) is 0 Å². The molecule has 0 amide bonds. The van der Waals surface area contributed by atoms with E-state index < -0.39 is 22.4 Å². The molecule has 1 aliphatic rings. The second kappa shape index (κ2) is 7.26. The van der Waals surface area contributed by atoms with Crippen LogP contribution in [0.1, 0.15) is 29.5 Å². The van der Waals surface area contributed by atoms with Gasteiger partial charge in [0, 0.05) is 11.6 Å². The van der Waals surface area contributed by atoms with Gasteiger partial charge in [-0.25, -0.2) is 0 Å². The third kappa shape index (κ3) is 4.02. The Morgan fingerprint density at radius 1 is 1.19 bits per heavy atom. The summed E-state index contributed by atoms with van der Waals surface area (Å²) in [6.45, 7) is 0. The molecule has 0 radical (unpaired) electrons. The number of nitrogens with one attached hydrogen (secondary N) is 1. The van der Waals surface area contributed by atoms with E-state index in [9.17, 15) is 23.3 Å². The van der Waals surface area contributed by atoms with Crippen molar-refractivity contribution >= 4 is 17.1 Å². The second-order valence-corrected chi connectivity index (χ2v) is 6.03. The minimum Gasteiger partial charge on any atom is -0.497 e. The van der Waals surface area contributed by atoms with Gasteiger partial charge in [-0.3, -0.25) is 15.5 Å². The highest BCUT2D eigenvalue weighted by Gasteiger charge is 2.33. The molecular formula is C18H16F3N3O3. The van der Waals surface area contributed by atoms with Crippen LogP contribution in [0, 0.1) is 10.1 Å². The molecule has 2 aromatic rings. The molecule has 1 aliphatic carbocycles. The summed E-state index contributed by atoms with van der Waals surface area (Å²) in [6, 6.07) is 7.86. The van der Waals surface area contributed by atoms with Crippen molar-refractivity contribution in [2.45, 2.75) is 25.4 Å². The SMILES string of the molecule is COc1ccc2c(c1)CCC/C2=N/Nc1ccc(C(F)(F)F)cc1[N+](=O)[O-]. The van der Waals surface area contributed by atoms with Crippen LogP contribution in [0.25, 0.3) is 0 Å². The number of hydrogen-bond donors (Lipinski definition) is 1. The Morgan fingerprint density at radius 3 is 2.63 bits per heavy atom. The number of fused-ring (bicyclic) bond motifs is 1. The lowest BCUT2D eigenvalue weighted by Crippen LogP contribution is -2.14. The molecule has 1 N–H and O–H groups in total. The number of ether oxygens (including phenoxy) is 1. The van der Waals surface area contributed by atoms with Crippen LogP contribution < -0.4 is 10.2 Å². The quantitative estimate of drug-likeness (QED) is 0.613. The smallest absolute Gasteiger partial charge is 0.416 e.